The molecule has 0 atom stereocenters. The molecular formula is C42H34O3P2S. The van der Waals surface area contributed by atoms with Gasteiger partial charge in [0.05, 0.1) is 9.79 Å². The van der Waals surface area contributed by atoms with E-state index in [-0.39, 0.29) is 0 Å². The van der Waals surface area contributed by atoms with Gasteiger partial charge in [-0.15, -0.1) is 0 Å². The molecule has 0 aromatic heterocycles. The van der Waals surface area contributed by atoms with E-state index in [1.165, 1.54) is 75.0 Å². The second-order valence-corrected chi connectivity index (χ2v) is 18.5. The average Bonchev–Trinajstić information content (AvgIpc) is 3.05. The third kappa shape index (κ3) is 4.88. The lowest BCUT2D eigenvalue weighted by atomic mass is 10.2. The van der Waals surface area contributed by atoms with Crippen LogP contribution < -0.4 is 46.0 Å². The van der Waals surface area contributed by atoms with E-state index in [0.717, 1.165) is 34.5 Å². The predicted molar refractivity (Wildman–Crippen MR) is 203 cm³/mol. The van der Waals surface area contributed by atoms with Crippen molar-refractivity contribution < 1.29 is 14.2 Å². The summed E-state index contributed by atoms with van der Waals surface area (Å²) in [4.78, 5) is 2.33. The lowest BCUT2D eigenvalue weighted by molar-refractivity contribution is 0.462. The monoisotopic (exact) mass is 680 g/mol. The Balaban J connectivity index is 1.27. The lowest BCUT2D eigenvalue weighted by Gasteiger charge is -2.34. The van der Waals surface area contributed by atoms with Gasteiger partial charge in [0.15, 0.2) is 0 Å². The van der Waals surface area contributed by atoms with Crippen LogP contribution in [-0.4, -0.2) is 0 Å². The normalized spacial score (nSPS) is 14.3. The second kappa shape index (κ2) is 11.2. The van der Waals surface area contributed by atoms with Crippen molar-refractivity contribution in [3.05, 3.63) is 130 Å². The van der Waals surface area contributed by atoms with Crippen LogP contribution in [0.4, 0.5) is 0 Å². The van der Waals surface area contributed by atoms with E-state index in [2.05, 4.69) is 139 Å². The Bertz CT molecular complexity index is 2080. The zero-order chi connectivity index (χ0) is 32.8. The van der Waals surface area contributed by atoms with Gasteiger partial charge in [0, 0.05) is 31.8 Å². The van der Waals surface area contributed by atoms with Crippen molar-refractivity contribution in [1.82, 2.24) is 0 Å². The molecular weight excluding hydrogens is 646 g/mol. The first-order chi connectivity index (χ1) is 23.2. The van der Waals surface area contributed by atoms with Gasteiger partial charge in [0.2, 0.25) is 0 Å². The minimum absolute atomic E-state index is 0.933. The van der Waals surface area contributed by atoms with Crippen molar-refractivity contribution in [1.29, 1.82) is 0 Å². The SMILES string of the molecule is Cc1ccc2c(c1)P(c1cc(C)cc3c1Oc1c(cc(C)cc1P1c4cc(C)ccc4Oc4ccc(C)cc41)S3)c1cc(C)ccc1O2. The summed E-state index contributed by atoms with van der Waals surface area (Å²) in [7, 11) is -1.91. The smallest absolute Gasteiger partial charge is 0.149 e. The van der Waals surface area contributed by atoms with Crippen LogP contribution in [0.5, 0.6) is 34.5 Å². The summed E-state index contributed by atoms with van der Waals surface area (Å²) in [6, 6.07) is 35.6. The molecule has 0 aliphatic carbocycles. The molecule has 0 saturated carbocycles. The predicted octanol–water partition coefficient (Wildman–Crippen LogP) is 9.52. The summed E-state index contributed by atoms with van der Waals surface area (Å²) in [6.07, 6.45) is 0. The Morgan fingerprint density at radius 1 is 0.354 bits per heavy atom. The van der Waals surface area contributed by atoms with Gasteiger partial charge in [0.25, 0.3) is 0 Å². The maximum absolute atomic E-state index is 7.37. The van der Waals surface area contributed by atoms with Crippen LogP contribution in [0.1, 0.15) is 33.4 Å². The molecule has 0 radical (unpaired) electrons. The van der Waals surface area contributed by atoms with Crippen LogP contribution in [-0.2, 0) is 0 Å². The number of aryl methyl sites for hydroxylation is 6. The molecule has 236 valence electrons. The highest BCUT2D eigenvalue weighted by atomic mass is 32.2. The molecule has 6 heteroatoms. The Labute approximate surface area is 288 Å². The van der Waals surface area contributed by atoms with Gasteiger partial charge in [-0.3, -0.25) is 0 Å². The molecule has 3 aliphatic heterocycles. The fourth-order valence-corrected chi connectivity index (χ4v) is 13.9. The number of fused-ring (bicyclic) bond motifs is 6. The summed E-state index contributed by atoms with van der Waals surface area (Å²) < 4.78 is 20.4. The molecule has 6 aromatic carbocycles. The van der Waals surface area contributed by atoms with Crippen molar-refractivity contribution in [2.75, 3.05) is 0 Å². The lowest BCUT2D eigenvalue weighted by Crippen LogP contribution is -2.30. The zero-order valence-corrected chi connectivity index (χ0v) is 30.4. The highest BCUT2D eigenvalue weighted by Crippen LogP contribution is 2.56. The standard InChI is InChI=1S/C42H34O3P2S/c1-23-7-11-29-33(15-23)46(34-16-24(2)8-12-30(34)43-29)37-19-27(5)21-39-41(37)45-42-38(20-28(6)22-40(42)48-39)47-35-17-25(3)9-13-31(35)44-32-14-10-26(4)18-36(32)47/h7-22H,1-6H3. The van der Waals surface area contributed by atoms with E-state index >= 15 is 0 Å². The molecule has 0 spiro atoms. The van der Waals surface area contributed by atoms with E-state index in [9.17, 15) is 0 Å². The summed E-state index contributed by atoms with van der Waals surface area (Å²) in [5, 5.41) is 7.42. The van der Waals surface area contributed by atoms with Gasteiger partial charge in [-0.05, 0) is 141 Å². The minimum atomic E-state index is -0.953. The Morgan fingerprint density at radius 3 is 1.00 bits per heavy atom. The molecule has 0 fully saturated rings. The number of rotatable bonds is 2. The molecule has 0 bridgehead atoms. The second-order valence-electron chi connectivity index (χ2n) is 13.2. The van der Waals surface area contributed by atoms with Crippen molar-refractivity contribution in [2.24, 2.45) is 0 Å². The molecule has 9 rings (SSSR count). The maximum Gasteiger partial charge on any atom is 0.149 e. The van der Waals surface area contributed by atoms with Crippen molar-refractivity contribution >= 4 is 59.4 Å². The summed E-state index contributed by atoms with van der Waals surface area (Å²) in [5.74, 6) is 5.67. The van der Waals surface area contributed by atoms with Gasteiger partial charge in [0.1, 0.15) is 34.5 Å². The molecule has 0 amide bonds. The Kier molecular flexibility index (Phi) is 7.03. The van der Waals surface area contributed by atoms with Gasteiger partial charge < -0.3 is 14.2 Å². The number of hydrogen-bond acceptors (Lipinski definition) is 4. The number of benzene rings is 6. The van der Waals surface area contributed by atoms with Gasteiger partial charge in [-0.1, -0.05) is 58.3 Å². The molecule has 3 aliphatic rings. The van der Waals surface area contributed by atoms with Crippen LogP contribution in [0.2, 0.25) is 0 Å². The fourth-order valence-electron chi connectivity index (χ4n) is 6.92. The van der Waals surface area contributed by atoms with E-state index in [1.54, 1.807) is 0 Å². The zero-order valence-electron chi connectivity index (χ0n) is 27.8. The van der Waals surface area contributed by atoms with Gasteiger partial charge in [-0.2, -0.15) is 0 Å². The van der Waals surface area contributed by atoms with E-state index in [1.807, 2.05) is 11.8 Å². The Hall–Kier alpha value is -4.07. The highest BCUT2D eigenvalue weighted by molar-refractivity contribution is 7.99. The van der Waals surface area contributed by atoms with Crippen LogP contribution in [0.15, 0.2) is 107 Å². The van der Waals surface area contributed by atoms with Crippen LogP contribution in [0.25, 0.3) is 0 Å². The number of hydrogen-bond donors (Lipinski definition) is 0. The van der Waals surface area contributed by atoms with Gasteiger partial charge in [-0.25, -0.2) is 0 Å². The summed E-state index contributed by atoms with van der Waals surface area (Å²) in [6.45, 7) is 13.1. The quantitative estimate of drug-likeness (QED) is 0.170. The molecule has 0 saturated heterocycles. The molecule has 48 heavy (non-hydrogen) atoms. The van der Waals surface area contributed by atoms with Gasteiger partial charge >= 0.3 is 0 Å². The third-order valence-corrected chi connectivity index (χ3v) is 15.1. The van der Waals surface area contributed by atoms with Crippen molar-refractivity contribution in [3.8, 4) is 34.5 Å². The van der Waals surface area contributed by atoms with Crippen molar-refractivity contribution in [3.63, 3.8) is 0 Å². The maximum atomic E-state index is 7.37. The van der Waals surface area contributed by atoms with Crippen molar-refractivity contribution in [2.45, 2.75) is 51.3 Å². The fraction of sp³-hybridized carbons (Fsp3) is 0.143. The van der Waals surface area contributed by atoms with E-state index in [0.29, 0.717) is 0 Å². The van der Waals surface area contributed by atoms with E-state index < -0.39 is 15.8 Å². The van der Waals surface area contributed by atoms with Crippen LogP contribution in [0, 0.1) is 41.5 Å². The minimum Gasteiger partial charge on any atom is -0.456 e. The molecule has 0 unspecified atom stereocenters. The molecule has 6 aromatic rings. The third-order valence-electron chi connectivity index (χ3n) is 9.13. The summed E-state index contributed by atoms with van der Waals surface area (Å²) in [5.41, 5.74) is 7.38. The summed E-state index contributed by atoms with van der Waals surface area (Å²) >= 11 is 1.84. The molecule has 0 N–H and O–H groups in total. The first-order valence-corrected chi connectivity index (χ1v) is 19.7. The average molecular weight is 681 g/mol. The largest absolute Gasteiger partial charge is 0.456 e. The first-order valence-electron chi connectivity index (χ1n) is 16.2. The topological polar surface area (TPSA) is 27.7 Å². The Morgan fingerprint density at radius 2 is 0.667 bits per heavy atom. The molecule has 3 heterocycles. The van der Waals surface area contributed by atoms with Crippen LogP contribution >= 0.6 is 27.6 Å². The number of ether oxygens (including phenoxy) is 3. The highest BCUT2D eigenvalue weighted by Gasteiger charge is 2.37. The first kappa shape index (κ1) is 30.0. The van der Waals surface area contributed by atoms with E-state index in [4.69, 9.17) is 14.2 Å². The molecule has 3 nitrogen and oxygen atoms in total. The van der Waals surface area contributed by atoms with Crippen LogP contribution in [0.3, 0.4) is 0 Å².